The van der Waals surface area contributed by atoms with Crippen molar-refractivity contribution in [3.05, 3.63) is 48.0 Å². The predicted octanol–water partition coefficient (Wildman–Crippen LogP) is 4.84. The lowest BCUT2D eigenvalue weighted by molar-refractivity contribution is 0.0526. The Morgan fingerprint density at radius 2 is 1.91 bits per heavy atom. The summed E-state index contributed by atoms with van der Waals surface area (Å²) in [6.07, 6.45) is 4.45. The van der Waals surface area contributed by atoms with Crippen LogP contribution in [0.1, 0.15) is 43.0 Å². The molecule has 5 rings (SSSR count). The minimum atomic E-state index is -0.354. The van der Waals surface area contributed by atoms with E-state index in [9.17, 15) is 4.79 Å². The lowest BCUT2D eigenvalue weighted by Gasteiger charge is -2.31. The van der Waals surface area contributed by atoms with Gasteiger partial charge in [-0.2, -0.15) is 4.98 Å². The van der Waals surface area contributed by atoms with Crippen LogP contribution in [0.3, 0.4) is 0 Å². The van der Waals surface area contributed by atoms with Crippen LogP contribution in [0.2, 0.25) is 0 Å². The number of piperidine rings is 1. The molecule has 7 nitrogen and oxygen atoms in total. The molecule has 0 unspecified atom stereocenters. The average molecular weight is 437 g/mol. The van der Waals surface area contributed by atoms with Crippen LogP contribution in [0.25, 0.3) is 11.1 Å². The van der Waals surface area contributed by atoms with Gasteiger partial charge in [0.05, 0.1) is 18.8 Å². The van der Waals surface area contributed by atoms with Crippen molar-refractivity contribution >= 4 is 23.1 Å². The molecule has 1 saturated carbocycles. The van der Waals surface area contributed by atoms with E-state index in [4.69, 9.17) is 18.6 Å². The maximum atomic E-state index is 12.0. The molecule has 1 aliphatic carbocycles. The van der Waals surface area contributed by atoms with Crippen molar-refractivity contribution in [2.24, 2.45) is 5.92 Å². The molecule has 2 aliphatic rings. The van der Waals surface area contributed by atoms with Crippen molar-refractivity contribution in [3.63, 3.8) is 0 Å². The SMILES string of the molecule is CCOC(=O)c1ccc2nc(N3CCC(Oc4cccc(OCC5CC5)c4)CC3)oc2c1. The van der Waals surface area contributed by atoms with Crippen LogP contribution in [0.4, 0.5) is 6.01 Å². The maximum absolute atomic E-state index is 12.0. The number of oxazole rings is 1. The van der Waals surface area contributed by atoms with Crippen LogP contribution < -0.4 is 14.4 Å². The first kappa shape index (κ1) is 20.7. The Balaban J connectivity index is 1.18. The Morgan fingerprint density at radius 3 is 2.69 bits per heavy atom. The normalized spacial score (nSPS) is 16.8. The van der Waals surface area contributed by atoms with Crippen LogP contribution in [-0.4, -0.2) is 43.4 Å². The lowest BCUT2D eigenvalue weighted by Crippen LogP contribution is -2.38. The highest BCUT2D eigenvalue weighted by Crippen LogP contribution is 2.31. The number of hydrogen-bond donors (Lipinski definition) is 0. The number of aromatic nitrogens is 1. The zero-order chi connectivity index (χ0) is 21.9. The third-order valence-corrected chi connectivity index (χ3v) is 5.89. The van der Waals surface area contributed by atoms with Gasteiger partial charge in [0.25, 0.3) is 6.01 Å². The number of nitrogens with zero attached hydrogens (tertiary/aromatic N) is 2. The summed E-state index contributed by atoms with van der Waals surface area (Å²) in [5, 5.41) is 0. The summed E-state index contributed by atoms with van der Waals surface area (Å²) >= 11 is 0. The third kappa shape index (κ3) is 4.82. The van der Waals surface area contributed by atoms with E-state index in [1.807, 2.05) is 24.3 Å². The summed E-state index contributed by atoms with van der Waals surface area (Å²) in [6.45, 7) is 4.51. The molecule has 0 N–H and O–H groups in total. The highest BCUT2D eigenvalue weighted by atomic mass is 16.5. The number of esters is 1. The Morgan fingerprint density at radius 1 is 1.09 bits per heavy atom. The van der Waals surface area contributed by atoms with Crippen LogP contribution in [0.15, 0.2) is 46.9 Å². The van der Waals surface area contributed by atoms with Crippen molar-refractivity contribution in [2.75, 3.05) is 31.2 Å². The van der Waals surface area contributed by atoms with E-state index < -0.39 is 0 Å². The van der Waals surface area contributed by atoms with Crippen molar-refractivity contribution in [1.82, 2.24) is 4.98 Å². The van der Waals surface area contributed by atoms with Gasteiger partial charge in [-0.1, -0.05) is 6.07 Å². The molecule has 3 aromatic rings. The largest absolute Gasteiger partial charge is 0.493 e. The van der Waals surface area contributed by atoms with Gasteiger partial charge in [0.1, 0.15) is 23.1 Å². The molecule has 2 heterocycles. The minimum Gasteiger partial charge on any atom is -0.493 e. The van der Waals surface area contributed by atoms with Gasteiger partial charge in [-0.3, -0.25) is 0 Å². The lowest BCUT2D eigenvalue weighted by atomic mass is 10.1. The second-order valence-electron chi connectivity index (χ2n) is 8.43. The fourth-order valence-electron chi connectivity index (χ4n) is 3.88. The van der Waals surface area contributed by atoms with Crippen LogP contribution in [-0.2, 0) is 4.74 Å². The predicted molar refractivity (Wildman–Crippen MR) is 120 cm³/mol. The number of ether oxygens (including phenoxy) is 3. The standard InChI is InChI=1S/C25H28N2O5/c1-2-29-24(28)18-8-9-22-23(14-18)32-25(26-22)27-12-10-19(11-13-27)31-21-5-3-4-20(15-21)30-16-17-6-7-17/h3-5,8-9,14-15,17,19H,2,6-7,10-13,16H2,1H3. The van der Waals surface area contributed by atoms with Crippen LogP contribution in [0.5, 0.6) is 11.5 Å². The van der Waals surface area contributed by atoms with Gasteiger partial charge in [0.2, 0.25) is 0 Å². The van der Waals surface area contributed by atoms with Crippen molar-refractivity contribution in [2.45, 2.75) is 38.7 Å². The highest BCUT2D eigenvalue weighted by Gasteiger charge is 2.25. The van der Waals surface area contributed by atoms with Gasteiger partial charge in [-0.25, -0.2) is 4.79 Å². The summed E-state index contributed by atoms with van der Waals surface area (Å²) in [6, 6.07) is 13.7. The molecule has 2 aromatic carbocycles. The van der Waals surface area contributed by atoms with E-state index >= 15 is 0 Å². The Kier molecular flexibility index (Phi) is 5.88. The first-order valence-electron chi connectivity index (χ1n) is 11.4. The average Bonchev–Trinajstić information content (AvgIpc) is 3.55. The Labute approximate surface area is 187 Å². The summed E-state index contributed by atoms with van der Waals surface area (Å²) in [5.74, 6) is 2.10. The quantitative estimate of drug-likeness (QED) is 0.468. The molecule has 0 radical (unpaired) electrons. The molecule has 32 heavy (non-hydrogen) atoms. The van der Waals surface area contributed by atoms with Crippen molar-refractivity contribution in [1.29, 1.82) is 0 Å². The van der Waals surface area contributed by atoms with Crippen LogP contribution >= 0.6 is 0 Å². The van der Waals surface area contributed by atoms with E-state index in [-0.39, 0.29) is 12.1 Å². The summed E-state index contributed by atoms with van der Waals surface area (Å²) in [4.78, 5) is 18.7. The van der Waals surface area contributed by atoms with Gasteiger partial charge in [-0.15, -0.1) is 0 Å². The zero-order valence-electron chi connectivity index (χ0n) is 18.3. The number of carbonyl (C=O) groups is 1. The van der Waals surface area contributed by atoms with E-state index in [1.165, 1.54) is 12.8 Å². The van der Waals surface area contributed by atoms with Gasteiger partial charge in [0.15, 0.2) is 5.58 Å². The first-order chi connectivity index (χ1) is 15.7. The van der Waals surface area contributed by atoms with E-state index in [0.717, 1.165) is 55.5 Å². The number of anilines is 1. The van der Waals surface area contributed by atoms with Crippen molar-refractivity contribution < 1.29 is 23.4 Å². The summed E-state index contributed by atoms with van der Waals surface area (Å²) < 4.78 is 23.1. The summed E-state index contributed by atoms with van der Waals surface area (Å²) in [7, 11) is 0. The molecular weight excluding hydrogens is 408 g/mol. The maximum Gasteiger partial charge on any atom is 0.338 e. The molecule has 1 aliphatic heterocycles. The molecule has 1 aromatic heterocycles. The van der Waals surface area contributed by atoms with Gasteiger partial charge in [0, 0.05) is 32.0 Å². The smallest absolute Gasteiger partial charge is 0.338 e. The molecule has 2 fully saturated rings. The Bertz CT molecular complexity index is 1080. The van der Waals surface area contributed by atoms with E-state index in [0.29, 0.717) is 23.8 Å². The van der Waals surface area contributed by atoms with Crippen molar-refractivity contribution in [3.8, 4) is 11.5 Å². The number of benzene rings is 2. The monoisotopic (exact) mass is 436 g/mol. The highest BCUT2D eigenvalue weighted by molar-refractivity contribution is 5.93. The molecule has 0 amide bonds. The van der Waals surface area contributed by atoms with E-state index in [1.54, 1.807) is 25.1 Å². The zero-order valence-corrected chi connectivity index (χ0v) is 18.3. The van der Waals surface area contributed by atoms with Gasteiger partial charge >= 0.3 is 5.97 Å². The first-order valence-corrected chi connectivity index (χ1v) is 11.4. The number of hydrogen-bond acceptors (Lipinski definition) is 7. The molecular formula is C25H28N2O5. The van der Waals surface area contributed by atoms with Crippen LogP contribution in [0, 0.1) is 5.92 Å². The molecule has 0 spiro atoms. The topological polar surface area (TPSA) is 74.0 Å². The number of carbonyl (C=O) groups excluding carboxylic acids is 1. The Hall–Kier alpha value is -3.22. The summed E-state index contributed by atoms with van der Waals surface area (Å²) in [5.41, 5.74) is 1.79. The molecule has 168 valence electrons. The second-order valence-corrected chi connectivity index (χ2v) is 8.43. The minimum absolute atomic E-state index is 0.143. The molecule has 1 saturated heterocycles. The van der Waals surface area contributed by atoms with E-state index in [2.05, 4.69) is 9.88 Å². The number of fused-ring (bicyclic) bond motifs is 1. The molecule has 0 bridgehead atoms. The van der Waals surface area contributed by atoms with Gasteiger partial charge < -0.3 is 23.5 Å². The number of rotatable bonds is 8. The van der Waals surface area contributed by atoms with Gasteiger partial charge in [-0.05, 0) is 56.0 Å². The third-order valence-electron chi connectivity index (χ3n) is 5.89. The second kappa shape index (κ2) is 9.10. The molecule has 0 atom stereocenters. The molecule has 7 heteroatoms. The fraction of sp³-hybridized carbons (Fsp3) is 0.440. The fourth-order valence-corrected chi connectivity index (χ4v) is 3.88.